The Balaban J connectivity index is 1.60. The van der Waals surface area contributed by atoms with Gasteiger partial charge in [0.1, 0.15) is 17.1 Å². The lowest BCUT2D eigenvalue weighted by atomic mass is 10.2. The van der Waals surface area contributed by atoms with Gasteiger partial charge >= 0.3 is 0 Å². The highest BCUT2D eigenvalue weighted by molar-refractivity contribution is 7.92. The Bertz CT molecular complexity index is 1490. The minimum atomic E-state index is -3.88. The van der Waals surface area contributed by atoms with E-state index in [0.29, 0.717) is 22.7 Å². The van der Waals surface area contributed by atoms with Crippen molar-refractivity contribution in [3.8, 4) is 5.75 Å². The molecule has 0 saturated heterocycles. The second-order valence-electron chi connectivity index (χ2n) is 6.99. The van der Waals surface area contributed by atoms with Gasteiger partial charge in [0.2, 0.25) is 0 Å². The van der Waals surface area contributed by atoms with Gasteiger partial charge in [-0.1, -0.05) is 17.4 Å². The molecular formula is C23H20FN3O4S2. The summed E-state index contributed by atoms with van der Waals surface area (Å²) in [5.41, 5.74) is 1.46. The Morgan fingerprint density at radius 1 is 1.09 bits per heavy atom. The van der Waals surface area contributed by atoms with Gasteiger partial charge in [-0.2, -0.15) is 4.99 Å². The predicted octanol–water partition coefficient (Wildman–Crippen LogP) is 4.41. The Morgan fingerprint density at radius 3 is 2.42 bits per heavy atom. The van der Waals surface area contributed by atoms with Crippen LogP contribution in [0.1, 0.15) is 17.3 Å². The van der Waals surface area contributed by atoms with Crippen LogP contribution in [-0.4, -0.2) is 26.0 Å². The minimum absolute atomic E-state index is 0.0663. The summed E-state index contributed by atoms with van der Waals surface area (Å²) in [5.74, 6) is -0.269. The fraction of sp³-hybridized carbons (Fsp3) is 0.130. The van der Waals surface area contributed by atoms with Crippen molar-refractivity contribution in [2.24, 2.45) is 4.99 Å². The standard InChI is InChI=1S/C23H20FN3O4S2/c1-3-27-21-19(31-2)5-4-6-20(21)32-23(27)25-22(28)15-7-11-17(12-8-15)26-33(29,30)18-13-9-16(24)10-14-18/h4-14,26H,3H2,1-2H3. The van der Waals surface area contributed by atoms with Crippen molar-refractivity contribution < 1.29 is 22.3 Å². The average Bonchev–Trinajstić information content (AvgIpc) is 3.16. The number of fused-ring (bicyclic) bond motifs is 1. The summed E-state index contributed by atoms with van der Waals surface area (Å²) in [6, 6.07) is 16.1. The molecule has 10 heteroatoms. The van der Waals surface area contributed by atoms with Crippen LogP contribution in [0, 0.1) is 5.82 Å². The fourth-order valence-electron chi connectivity index (χ4n) is 3.30. The molecule has 0 atom stereocenters. The molecule has 1 amide bonds. The van der Waals surface area contributed by atoms with Crippen LogP contribution in [0.15, 0.2) is 76.6 Å². The Hall–Kier alpha value is -3.50. The fourth-order valence-corrected chi connectivity index (χ4v) is 5.47. The Labute approximate surface area is 193 Å². The highest BCUT2D eigenvalue weighted by atomic mass is 32.2. The van der Waals surface area contributed by atoms with E-state index in [4.69, 9.17) is 4.74 Å². The third-order valence-corrected chi connectivity index (χ3v) is 7.35. The number of para-hydroxylation sites is 1. The summed E-state index contributed by atoms with van der Waals surface area (Å²) in [5, 5.41) is 0. The van der Waals surface area contributed by atoms with Crippen LogP contribution < -0.4 is 14.3 Å². The van der Waals surface area contributed by atoms with Crippen molar-refractivity contribution in [2.75, 3.05) is 11.8 Å². The van der Waals surface area contributed by atoms with E-state index in [1.165, 1.54) is 47.7 Å². The first-order valence-electron chi connectivity index (χ1n) is 9.96. The van der Waals surface area contributed by atoms with E-state index in [2.05, 4.69) is 9.71 Å². The molecule has 1 heterocycles. The maximum absolute atomic E-state index is 13.1. The second kappa shape index (κ2) is 9.16. The number of aryl methyl sites for hydroxylation is 1. The van der Waals surface area contributed by atoms with Gasteiger partial charge in [0.15, 0.2) is 4.80 Å². The smallest absolute Gasteiger partial charge is 0.279 e. The number of sulfonamides is 1. The topological polar surface area (TPSA) is 89.8 Å². The number of anilines is 1. The van der Waals surface area contributed by atoms with Crippen LogP contribution in [0.3, 0.4) is 0 Å². The van der Waals surface area contributed by atoms with Gasteiger partial charge in [0, 0.05) is 17.8 Å². The third kappa shape index (κ3) is 4.67. The lowest BCUT2D eigenvalue weighted by Gasteiger charge is -2.08. The zero-order valence-electron chi connectivity index (χ0n) is 17.8. The second-order valence-corrected chi connectivity index (χ2v) is 9.68. The monoisotopic (exact) mass is 485 g/mol. The zero-order valence-corrected chi connectivity index (χ0v) is 19.4. The Kier molecular flexibility index (Phi) is 6.30. The molecule has 0 aliphatic rings. The number of hydrogen-bond donors (Lipinski definition) is 1. The van der Waals surface area contributed by atoms with Gasteiger partial charge in [0.05, 0.1) is 16.7 Å². The third-order valence-electron chi connectivity index (χ3n) is 4.91. The molecule has 0 saturated carbocycles. The first-order chi connectivity index (χ1) is 15.8. The van der Waals surface area contributed by atoms with Crippen LogP contribution in [0.5, 0.6) is 5.75 Å². The van der Waals surface area contributed by atoms with E-state index in [0.717, 1.165) is 22.3 Å². The van der Waals surface area contributed by atoms with Crippen LogP contribution in [0.2, 0.25) is 0 Å². The lowest BCUT2D eigenvalue weighted by molar-refractivity contribution is 0.0998. The largest absolute Gasteiger partial charge is 0.495 e. The van der Waals surface area contributed by atoms with Gasteiger partial charge < -0.3 is 9.30 Å². The molecule has 4 rings (SSSR count). The molecular weight excluding hydrogens is 465 g/mol. The van der Waals surface area contributed by atoms with Crippen molar-refractivity contribution in [2.45, 2.75) is 18.4 Å². The molecule has 0 aliphatic carbocycles. The number of nitrogens with one attached hydrogen (secondary N) is 1. The molecule has 7 nitrogen and oxygen atoms in total. The SMILES string of the molecule is CCn1c(=NC(=O)c2ccc(NS(=O)(=O)c3ccc(F)cc3)cc2)sc2cccc(OC)c21. The number of carbonyl (C=O) groups excluding carboxylic acids is 1. The van der Waals surface area contributed by atoms with Crippen LogP contribution in [0.4, 0.5) is 10.1 Å². The highest BCUT2D eigenvalue weighted by Crippen LogP contribution is 2.27. The molecule has 170 valence electrons. The summed E-state index contributed by atoms with van der Waals surface area (Å²) in [6.45, 7) is 2.57. The molecule has 1 N–H and O–H groups in total. The van der Waals surface area contributed by atoms with Crippen LogP contribution in [-0.2, 0) is 16.6 Å². The van der Waals surface area contributed by atoms with E-state index >= 15 is 0 Å². The Morgan fingerprint density at radius 2 is 1.79 bits per heavy atom. The molecule has 4 aromatic rings. The number of carbonyl (C=O) groups is 1. The molecule has 0 unspecified atom stereocenters. The van der Waals surface area contributed by atoms with Gasteiger partial charge in [-0.3, -0.25) is 9.52 Å². The van der Waals surface area contributed by atoms with E-state index in [1.807, 2.05) is 29.7 Å². The zero-order chi connectivity index (χ0) is 23.6. The number of amides is 1. The summed E-state index contributed by atoms with van der Waals surface area (Å²) < 4.78 is 48.7. The lowest BCUT2D eigenvalue weighted by Crippen LogP contribution is -2.16. The van der Waals surface area contributed by atoms with Crippen molar-refractivity contribution in [1.29, 1.82) is 0 Å². The van der Waals surface area contributed by atoms with Gasteiger partial charge in [-0.15, -0.1) is 0 Å². The van der Waals surface area contributed by atoms with Gasteiger partial charge in [-0.25, -0.2) is 12.8 Å². The number of thiazole rings is 1. The summed E-state index contributed by atoms with van der Waals surface area (Å²) in [4.78, 5) is 17.5. The molecule has 0 aliphatic heterocycles. The number of halogens is 1. The van der Waals surface area contributed by atoms with Crippen LogP contribution in [0.25, 0.3) is 10.2 Å². The summed E-state index contributed by atoms with van der Waals surface area (Å²) in [6.07, 6.45) is 0. The minimum Gasteiger partial charge on any atom is -0.495 e. The van der Waals surface area contributed by atoms with E-state index < -0.39 is 21.7 Å². The molecule has 0 fully saturated rings. The molecule has 0 spiro atoms. The number of hydrogen-bond acceptors (Lipinski definition) is 5. The maximum atomic E-state index is 13.1. The molecule has 0 bridgehead atoms. The van der Waals surface area contributed by atoms with Crippen molar-refractivity contribution in [3.63, 3.8) is 0 Å². The number of nitrogens with zero attached hydrogens (tertiary/aromatic N) is 2. The van der Waals surface area contributed by atoms with Crippen molar-refractivity contribution in [1.82, 2.24) is 4.57 Å². The van der Waals surface area contributed by atoms with Crippen molar-refractivity contribution in [3.05, 3.63) is 82.9 Å². The number of rotatable bonds is 6. The van der Waals surface area contributed by atoms with Crippen molar-refractivity contribution >= 4 is 43.2 Å². The van der Waals surface area contributed by atoms with Gasteiger partial charge in [0.25, 0.3) is 15.9 Å². The van der Waals surface area contributed by atoms with Crippen LogP contribution >= 0.6 is 11.3 Å². The maximum Gasteiger partial charge on any atom is 0.279 e. The number of ether oxygens (including phenoxy) is 1. The summed E-state index contributed by atoms with van der Waals surface area (Å²) >= 11 is 1.39. The first-order valence-corrected chi connectivity index (χ1v) is 12.3. The average molecular weight is 486 g/mol. The normalized spacial score (nSPS) is 12.2. The number of benzene rings is 3. The molecule has 0 radical (unpaired) electrons. The van der Waals surface area contributed by atoms with Gasteiger partial charge in [-0.05, 0) is 67.6 Å². The van der Waals surface area contributed by atoms with E-state index in [-0.39, 0.29) is 10.6 Å². The predicted molar refractivity (Wildman–Crippen MR) is 126 cm³/mol. The van der Waals surface area contributed by atoms with E-state index in [9.17, 15) is 17.6 Å². The summed E-state index contributed by atoms with van der Waals surface area (Å²) in [7, 11) is -2.28. The number of aromatic nitrogens is 1. The molecule has 1 aromatic heterocycles. The van der Waals surface area contributed by atoms with E-state index in [1.54, 1.807) is 7.11 Å². The highest BCUT2D eigenvalue weighted by Gasteiger charge is 2.15. The molecule has 3 aromatic carbocycles. The number of methoxy groups -OCH3 is 1. The first kappa shape index (κ1) is 22.7. The quantitative estimate of drug-likeness (QED) is 0.438. The molecule has 33 heavy (non-hydrogen) atoms.